The van der Waals surface area contributed by atoms with Crippen LogP contribution in [-0.4, -0.2) is 86.6 Å². The Balaban J connectivity index is 0.000000279. The summed E-state index contributed by atoms with van der Waals surface area (Å²) in [5, 5.41) is 22.4. The van der Waals surface area contributed by atoms with E-state index in [2.05, 4.69) is 20.0 Å². The Morgan fingerprint density at radius 2 is 1.17 bits per heavy atom. The fraction of sp³-hybridized carbons (Fsp3) is 0.486. The van der Waals surface area contributed by atoms with Crippen LogP contribution in [0, 0.1) is 11.6 Å². The molecule has 0 aliphatic heterocycles. The second-order valence-corrected chi connectivity index (χ2v) is 14.6. The second kappa shape index (κ2) is 19.2. The summed E-state index contributed by atoms with van der Waals surface area (Å²) >= 11 is 0. The largest absolute Gasteiger partial charge is 0.519 e. The van der Waals surface area contributed by atoms with Gasteiger partial charge in [0.25, 0.3) is 0 Å². The van der Waals surface area contributed by atoms with Crippen LogP contribution >= 0.6 is 0 Å². The molecule has 0 saturated heterocycles. The van der Waals surface area contributed by atoms with Crippen LogP contribution in [0.4, 0.5) is 23.2 Å². The number of carbonyl (C=O) groups is 3. The summed E-state index contributed by atoms with van der Waals surface area (Å²) in [7, 11) is 0. The summed E-state index contributed by atoms with van der Waals surface area (Å²) in [4.78, 5) is 41.7. The molecule has 52 heavy (non-hydrogen) atoms. The van der Waals surface area contributed by atoms with E-state index in [1.165, 1.54) is 29.2 Å². The summed E-state index contributed by atoms with van der Waals surface area (Å²) in [5.74, 6) is -0.599. The first kappa shape index (κ1) is 43.4. The molecule has 13 nitrogen and oxygen atoms in total. The van der Waals surface area contributed by atoms with Crippen molar-refractivity contribution < 1.29 is 52.3 Å². The van der Waals surface area contributed by atoms with Gasteiger partial charge in [0.2, 0.25) is 0 Å². The molecule has 4 aromatic rings. The molecule has 5 N–H and O–H groups in total. The van der Waals surface area contributed by atoms with E-state index in [0.717, 1.165) is 27.4 Å². The van der Waals surface area contributed by atoms with Gasteiger partial charge in [-0.3, -0.25) is 0 Å². The lowest BCUT2D eigenvalue weighted by atomic mass is 10.1. The highest BCUT2D eigenvalue weighted by atomic mass is 19.1. The van der Waals surface area contributed by atoms with Gasteiger partial charge in [-0.25, -0.2) is 23.2 Å². The molecule has 0 unspecified atom stereocenters. The molecule has 0 bridgehead atoms. The van der Waals surface area contributed by atoms with Crippen LogP contribution in [0.2, 0.25) is 0 Å². The Kier molecular flexibility index (Phi) is 16.0. The van der Waals surface area contributed by atoms with Crippen molar-refractivity contribution in [3.05, 3.63) is 71.6 Å². The van der Waals surface area contributed by atoms with Crippen LogP contribution in [0.3, 0.4) is 0 Å². The van der Waals surface area contributed by atoms with Gasteiger partial charge in [-0.05, 0) is 110 Å². The van der Waals surface area contributed by atoms with Gasteiger partial charge in [0.15, 0.2) is 0 Å². The Bertz CT molecular complexity index is 1730. The number of H-pyrrole nitrogens is 2. The fourth-order valence-electron chi connectivity index (χ4n) is 4.48. The molecule has 0 spiro atoms. The SMILES string of the molecule is CC(C)(C)OC(=O)N(CCO)Cc1cc(F)cc2cc[nH]c12.CC(C)(C)OC(=O)OC(=O)OC(C)(C)C.OCCNCc1cc(F)cc2cc[nH]c12. The van der Waals surface area contributed by atoms with Crippen molar-refractivity contribution in [2.45, 2.75) is 92.2 Å². The van der Waals surface area contributed by atoms with Gasteiger partial charge in [0.1, 0.15) is 28.4 Å². The number of benzene rings is 2. The molecule has 0 fully saturated rings. The number of ether oxygens (including phenoxy) is 4. The molecular formula is C37H52F2N4O9. The topological polar surface area (TPSA) is 175 Å². The Hall–Kier alpha value is -4.73. The molecule has 15 heteroatoms. The van der Waals surface area contributed by atoms with Gasteiger partial charge in [0.05, 0.1) is 30.8 Å². The Morgan fingerprint density at radius 1 is 0.712 bits per heavy atom. The van der Waals surface area contributed by atoms with Gasteiger partial charge < -0.3 is 49.3 Å². The molecule has 0 aliphatic carbocycles. The number of aromatic nitrogens is 2. The van der Waals surface area contributed by atoms with Crippen LogP contribution in [0.5, 0.6) is 0 Å². The summed E-state index contributed by atoms with van der Waals surface area (Å²) < 4.78 is 46.0. The van der Waals surface area contributed by atoms with Crippen molar-refractivity contribution >= 4 is 40.2 Å². The van der Waals surface area contributed by atoms with Gasteiger partial charge in [-0.2, -0.15) is 0 Å². The number of nitrogens with zero attached hydrogens (tertiary/aromatic N) is 1. The lowest BCUT2D eigenvalue weighted by molar-refractivity contribution is -0.0294. The zero-order chi connectivity index (χ0) is 39.3. The lowest BCUT2D eigenvalue weighted by Crippen LogP contribution is -2.38. The number of rotatable bonds is 8. The summed E-state index contributed by atoms with van der Waals surface area (Å²) in [5.41, 5.74) is 1.21. The number of hydrogen-bond acceptors (Lipinski definition) is 10. The average Bonchev–Trinajstić information content (AvgIpc) is 3.64. The van der Waals surface area contributed by atoms with Crippen LogP contribution < -0.4 is 5.32 Å². The summed E-state index contributed by atoms with van der Waals surface area (Å²) in [6.45, 7) is 16.6. The van der Waals surface area contributed by atoms with E-state index in [1.807, 2.05) is 6.07 Å². The number of aliphatic hydroxyl groups excluding tert-OH is 2. The van der Waals surface area contributed by atoms with E-state index in [9.17, 15) is 23.2 Å². The van der Waals surface area contributed by atoms with E-state index < -0.39 is 35.2 Å². The van der Waals surface area contributed by atoms with Crippen molar-refractivity contribution in [3.63, 3.8) is 0 Å². The molecule has 0 saturated carbocycles. The van der Waals surface area contributed by atoms with Crippen LogP contribution in [0.1, 0.15) is 73.4 Å². The van der Waals surface area contributed by atoms with E-state index in [-0.39, 0.29) is 37.9 Å². The molecular weight excluding hydrogens is 682 g/mol. The van der Waals surface area contributed by atoms with E-state index in [4.69, 9.17) is 24.4 Å². The van der Waals surface area contributed by atoms with Gasteiger partial charge >= 0.3 is 18.4 Å². The molecule has 4 rings (SSSR count). The molecule has 2 aromatic carbocycles. The maximum atomic E-state index is 13.7. The lowest BCUT2D eigenvalue weighted by Gasteiger charge is -2.27. The number of carbonyl (C=O) groups excluding carboxylic acids is 3. The molecule has 2 heterocycles. The third-order valence-corrected chi connectivity index (χ3v) is 6.34. The second-order valence-electron chi connectivity index (χ2n) is 14.6. The number of hydrogen-bond donors (Lipinski definition) is 5. The zero-order valence-electron chi connectivity index (χ0n) is 31.3. The first-order chi connectivity index (χ1) is 24.1. The number of fused-ring (bicyclic) bond motifs is 2. The smallest absolute Gasteiger partial charge is 0.444 e. The molecule has 0 aliphatic rings. The van der Waals surface area contributed by atoms with Crippen molar-refractivity contribution in [3.8, 4) is 0 Å². The van der Waals surface area contributed by atoms with Gasteiger partial charge in [-0.1, -0.05) is 0 Å². The molecule has 0 radical (unpaired) electrons. The summed E-state index contributed by atoms with van der Waals surface area (Å²) in [6.07, 6.45) is 0.857. The quantitative estimate of drug-likeness (QED) is 0.0535. The van der Waals surface area contributed by atoms with Gasteiger partial charge in [-0.15, -0.1) is 0 Å². The monoisotopic (exact) mass is 734 g/mol. The molecule has 288 valence electrons. The highest BCUT2D eigenvalue weighted by molar-refractivity contribution is 5.83. The maximum Gasteiger partial charge on any atom is 0.519 e. The normalized spacial score (nSPS) is 11.6. The number of nitrogens with one attached hydrogen (secondary N) is 3. The average molecular weight is 735 g/mol. The summed E-state index contributed by atoms with van der Waals surface area (Å²) in [6, 6.07) is 9.43. The van der Waals surface area contributed by atoms with Crippen molar-refractivity contribution in [2.24, 2.45) is 0 Å². The standard InChI is InChI=1S/C16H21FN2O3.C11H13FN2O.C10H18O5/c1-16(2,3)22-15(21)19(6-7-20)10-12-9-13(17)8-11-4-5-18-14(11)12;12-10-5-8-1-2-14-11(8)9(6-10)7-13-3-4-15;1-9(2,3)14-7(11)13-8(12)15-10(4,5)6/h4-5,8-9,18,20H,6-7,10H2,1-3H3;1-2,5-6,13-15H,3-4,7H2;1-6H3. The van der Waals surface area contributed by atoms with E-state index >= 15 is 0 Å². The van der Waals surface area contributed by atoms with Crippen molar-refractivity contribution in [1.29, 1.82) is 0 Å². The first-order valence-corrected chi connectivity index (χ1v) is 16.7. The number of amides is 1. The number of aliphatic hydroxyl groups is 2. The maximum absolute atomic E-state index is 13.7. The Labute approximate surface area is 302 Å². The highest BCUT2D eigenvalue weighted by Crippen LogP contribution is 2.22. The minimum atomic E-state index is -1.06. The van der Waals surface area contributed by atoms with Crippen molar-refractivity contribution in [1.82, 2.24) is 20.2 Å². The number of halogens is 2. The number of aromatic amines is 2. The first-order valence-electron chi connectivity index (χ1n) is 16.7. The third-order valence-electron chi connectivity index (χ3n) is 6.34. The van der Waals surface area contributed by atoms with Crippen LogP contribution in [0.15, 0.2) is 48.8 Å². The third kappa shape index (κ3) is 16.1. The minimum absolute atomic E-state index is 0.0865. The molecule has 2 aromatic heterocycles. The predicted molar refractivity (Wildman–Crippen MR) is 193 cm³/mol. The van der Waals surface area contributed by atoms with E-state index in [0.29, 0.717) is 18.7 Å². The van der Waals surface area contributed by atoms with Crippen LogP contribution in [-0.2, 0) is 32.0 Å². The fourth-order valence-corrected chi connectivity index (χ4v) is 4.48. The molecule has 0 atom stereocenters. The minimum Gasteiger partial charge on any atom is -0.444 e. The van der Waals surface area contributed by atoms with Crippen LogP contribution in [0.25, 0.3) is 21.8 Å². The highest BCUT2D eigenvalue weighted by Gasteiger charge is 2.25. The van der Waals surface area contributed by atoms with Gasteiger partial charge in [0, 0.05) is 42.8 Å². The van der Waals surface area contributed by atoms with Crippen molar-refractivity contribution in [2.75, 3.05) is 26.3 Å². The predicted octanol–water partition coefficient (Wildman–Crippen LogP) is 7.30. The van der Waals surface area contributed by atoms with E-state index in [1.54, 1.807) is 80.8 Å². The Morgan fingerprint density at radius 3 is 1.62 bits per heavy atom. The molecule has 1 amide bonds. The zero-order valence-corrected chi connectivity index (χ0v) is 31.3.